The lowest BCUT2D eigenvalue weighted by atomic mass is 10.1. The number of benzene rings is 2. The molecule has 3 rings (SSSR count). The summed E-state index contributed by atoms with van der Waals surface area (Å²) in [7, 11) is 0. The van der Waals surface area contributed by atoms with Gasteiger partial charge in [0.05, 0.1) is 5.25 Å². The molecular weight excluding hydrogens is 377 g/mol. The van der Waals surface area contributed by atoms with Gasteiger partial charge in [-0.3, -0.25) is 9.89 Å². The zero-order valence-corrected chi connectivity index (χ0v) is 15.4. The van der Waals surface area contributed by atoms with E-state index in [1.807, 2.05) is 0 Å². The van der Waals surface area contributed by atoms with E-state index in [1.165, 1.54) is 36.0 Å². The molecule has 26 heavy (non-hydrogen) atoms. The van der Waals surface area contributed by atoms with Crippen LogP contribution in [0.15, 0.2) is 53.7 Å². The van der Waals surface area contributed by atoms with Gasteiger partial charge in [0.25, 0.3) is 0 Å². The Bertz CT molecular complexity index is 884. The average Bonchev–Trinajstić information content (AvgIpc) is 3.08. The maximum atomic E-state index is 13.0. The molecule has 1 heterocycles. The van der Waals surface area contributed by atoms with Gasteiger partial charge < -0.3 is 4.74 Å². The first-order valence-corrected chi connectivity index (χ1v) is 9.03. The predicted molar refractivity (Wildman–Crippen MR) is 98.2 cm³/mol. The topological polar surface area (TPSA) is 67.9 Å². The molecule has 0 saturated heterocycles. The normalized spacial score (nSPS) is 12.0. The van der Waals surface area contributed by atoms with Crippen molar-refractivity contribution in [2.45, 2.75) is 23.9 Å². The Morgan fingerprint density at radius 1 is 1.23 bits per heavy atom. The van der Waals surface area contributed by atoms with Crippen molar-refractivity contribution in [1.82, 2.24) is 15.2 Å². The number of aromatic amines is 1. The lowest BCUT2D eigenvalue weighted by Gasteiger charge is -2.07. The van der Waals surface area contributed by atoms with E-state index in [2.05, 4.69) is 15.2 Å². The predicted octanol–water partition coefficient (Wildman–Crippen LogP) is 4.54. The standard InChI is InChI=1S/C18H15ClFN3O2S/c1-11(17(24)12-2-6-14(20)7-3-12)26-18-21-16(22-23-18)10-25-15-8-4-13(19)5-9-15/h2-9,11H,10H2,1H3,(H,21,22,23). The number of carbonyl (C=O) groups excluding carboxylic acids is 1. The van der Waals surface area contributed by atoms with Crippen LogP contribution in [0.1, 0.15) is 23.1 Å². The highest BCUT2D eigenvalue weighted by Gasteiger charge is 2.19. The zero-order chi connectivity index (χ0) is 18.5. The summed E-state index contributed by atoms with van der Waals surface area (Å²) in [6.07, 6.45) is 0. The Labute approximate surface area is 158 Å². The average molecular weight is 392 g/mol. The molecule has 0 fully saturated rings. The second-order valence-electron chi connectivity index (χ2n) is 5.44. The maximum Gasteiger partial charge on any atom is 0.209 e. The second-order valence-corrected chi connectivity index (χ2v) is 7.18. The van der Waals surface area contributed by atoms with Gasteiger partial charge in [0, 0.05) is 10.6 Å². The minimum Gasteiger partial charge on any atom is -0.486 e. The molecule has 1 aromatic heterocycles. The molecule has 5 nitrogen and oxygen atoms in total. The number of H-pyrrole nitrogens is 1. The van der Waals surface area contributed by atoms with E-state index >= 15 is 0 Å². The molecule has 0 saturated carbocycles. The van der Waals surface area contributed by atoms with Crippen molar-refractivity contribution < 1.29 is 13.9 Å². The number of nitrogens with zero attached hydrogens (tertiary/aromatic N) is 2. The summed E-state index contributed by atoms with van der Waals surface area (Å²) in [6.45, 7) is 1.98. The first kappa shape index (κ1) is 18.4. The third-order valence-electron chi connectivity index (χ3n) is 3.48. The number of thioether (sulfide) groups is 1. The summed E-state index contributed by atoms with van der Waals surface area (Å²) in [6, 6.07) is 12.5. The van der Waals surface area contributed by atoms with Crippen LogP contribution in [0, 0.1) is 5.82 Å². The quantitative estimate of drug-likeness (QED) is 0.473. The van der Waals surface area contributed by atoms with E-state index in [-0.39, 0.29) is 18.2 Å². The van der Waals surface area contributed by atoms with Crippen molar-refractivity contribution in [2.75, 3.05) is 0 Å². The minimum absolute atomic E-state index is 0.112. The Balaban J connectivity index is 1.56. The maximum absolute atomic E-state index is 13.0. The number of aromatic nitrogens is 3. The fourth-order valence-corrected chi connectivity index (χ4v) is 3.08. The molecule has 1 atom stereocenters. The van der Waals surface area contributed by atoms with Gasteiger partial charge in [-0.2, -0.15) is 0 Å². The minimum atomic E-state index is -0.402. The molecule has 0 aliphatic carbocycles. The molecule has 134 valence electrons. The van der Waals surface area contributed by atoms with Gasteiger partial charge in [-0.25, -0.2) is 9.37 Å². The van der Waals surface area contributed by atoms with Crippen LogP contribution in [0.2, 0.25) is 5.02 Å². The van der Waals surface area contributed by atoms with Crippen molar-refractivity contribution in [3.8, 4) is 5.75 Å². The van der Waals surface area contributed by atoms with Crippen molar-refractivity contribution in [3.05, 3.63) is 70.8 Å². The number of Topliss-reactive ketones (excluding diaryl/α,β-unsaturated/α-hetero) is 1. The van der Waals surface area contributed by atoms with Crippen molar-refractivity contribution >= 4 is 29.1 Å². The van der Waals surface area contributed by atoms with Crippen molar-refractivity contribution in [1.29, 1.82) is 0 Å². The number of carbonyl (C=O) groups is 1. The highest BCUT2D eigenvalue weighted by atomic mass is 35.5. The van der Waals surface area contributed by atoms with Crippen LogP contribution in [0.5, 0.6) is 5.75 Å². The smallest absolute Gasteiger partial charge is 0.209 e. The molecule has 3 aromatic rings. The van der Waals surface area contributed by atoms with Gasteiger partial charge in [0.2, 0.25) is 5.16 Å². The van der Waals surface area contributed by atoms with E-state index in [0.717, 1.165) is 0 Å². The highest BCUT2D eigenvalue weighted by Crippen LogP contribution is 2.23. The Kier molecular flexibility index (Phi) is 5.90. The summed E-state index contributed by atoms with van der Waals surface area (Å²) in [5.41, 5.74) is 0.452. The zero-order valence-electron chi connectivity index (χ0n) is 13.8. The molecule has 8 heteroatoms. The van der Waals surface area contributed by atoms with Crippen molar-refractivity contribution in [3.63, 3.8) is 0 Å². The van der Waals surface area contributed by atoms with Crippen LogP contribution in [0.3, 0.4) is 0 Å². The van der Waals surface area contributed by atoms with Crippen LogP contribution in [-0.2, 0) is 6.61 Å². The van der Waals surface area contributed by atoms with Crippen LogP contribution in [0.25, 0.3) is 0 Å². The third-order valence-corrected chi connectivity index (χ3v) is 4.69. The molecule has 0 radical (unpaired) electrons. The van der Waals surface area contributed by atoms with E-state index in [9.17, 15) is 9.18 Å². The van der Waals surface area contributed by atoms with Gasteiger partial charge in [-0.1, -0.05) is 23.4 Å². The lowest BCUT2D eigenvalue weighted by molar-refractivity contribution is 0.0994. The summed E-state index contributed by atoms with van der Waals surface area (Å²) in [5.74, 6) is 0.726. The Morgan fingerprint density at radius 3 is 2.62 bits per heavy atom. The van der Waals surface area contributed by atoms with E-state index in [0.29, 0.717) is 27.3 Å². The second kappa shape index (κ2) is 8.33. The molecule has 1 unspecified atom stereocenters. The lowest BCUT2D eigenvalue weighted by Crippen LogP contribution is -2.13. The Morgan fingerprint density at radius 2 is 1.92 bits per heavy atom. The number of ether oxygens (including phenoxy) is 1. The van der Waals surface area contributed by atoms with Crippen LogP contribution in [0.4, 0.5) is 4.39 Å². The van der Waals surface area contributed by atoms with E-state index < -0.39 is 5.25 Å². The fraction of sp³-hybridized carbons (Fsp3) is 0.167. The first-order valence-electron chi connectivity index (χ1n) is 7.77. The Hall–Kier alpha value is -2.38. The fourth-order valence-electron chi connectivity index (χ4n) is 2.14. The van der Waals surface area contributed by atoms with Gasteiger partial charge in [-0.15, -0.1) is 5.10 Å². The van der Waals surface area contributed by atoms with E-state index in [4.69, 9.17) is 16.3 Å². The highest BCUT2D eigenvalue weighted by molar-refractivity contribution is 8.00. The van der Waals surface area contributed by atoms with Crippen LogP contribution in [-0.4, -0.2) is 26.2 Å². The molecule has 0 amide bonds. The number of nitrogens with one attached hydrogen (secondary N) is 1. The summed E-state index contributed by atoms with van der Waals surface area (Å²) >= 11 is 7.05. The number of hydrogen-bond donors (Lipinski definition) is 1. The van der Waals surface area contributed by atoms with Crippen molar-refractivity contribution in [2.24, 2.45) is 0 Å². The molecule has 0 aliphatic rings. The molecule has 0 spiro atoms. The monoisotopic (exact) mass is 391 g/mol. The third kappa shape index (κ3) is 4.83. The SMILES string of the molecule is CC(Sc1n[nH]c(COc2ccc(Cl)cc2)n1)C(=O)c1ccc(F)cc1. The number of halogens is 2. The molecule has 0 aliphatic heterocycles. The molecular formula is C18H15ClFN3O2S. The summed E-state index contributed by atoms with van der Waals surface area (Å²) < 4.78 is 18.5. The first-order chi connectivity index (χ1) is 12.5. The van der Waals surface area contributed by atoms with Gasteiger partial charge in [0.15, 0.2) is 11.6 Å². The van der Waals surface area contributed by atoms with Crippen LogP contribution < -0.4 is 4.74 Å². The molecule has 0 bridgehead atoms. The summed E-state index contributed by atoms with van der Waals surface area (Å²) in [5, 5.41) is 7.55. The molecule has 2 aromatic carbocycles. The van der Waals surface area contributed by atoms with Gasteiger partial charge in [-0.05, 0) is 55.5 Å². The number of rotatable bonds is 7. The summed E-state index contributed by atoms with van der Waals surface area (Å²) in [4.78, 5) is 16.7. The molecule has 1 N–H and O–H groups in total. The number of ketones is 1. The van der Waals surface area contributed by atoms with Gasteiger partial charge in [0.1, 0.15) is 18.2 Å². The number of hydrogen-bond acceptors (Lipinski definition) is 5. The van der Waals surface area contributed by atoms with E-state index in [1.54, 1.807) is 31.2 Å². The van der Waals surface area contributed by atoms with Gasteiger partial charge >= 0.3 is 0 Å². The largest absolute Gasteiger partial charge is 0.486 e. The van der Waals surface area contributed by atoms with Crippen LogP contribution >= 0.6 is 23.4 Å².